The Hall–Kier alpha value is -2.25. The number of benzene rings is 2. The van der Waals surface area contributed by atoms with E-state index in [2.05, 4.69) is 17.9 Å². The van der Waals surface area contributed by atoms with Gasteiger partial charge in [-0.3, -0.25) is 0 Å². The lowest BCUT2D eigenvalue weighted by molar-refractivity contribution is 0.493. The van der Waals surface area contributed by atoms with Crippen LogP contribution in [0.3, 0.4) is 0 Å². The summed E-state index contributed by atoms with van der Waals surface area (Å²) in [4.78, 5) is 0. The van der Waals surface area contributed by atoms with Crippen LogP contribution in [0.15, 0.2) is 42.5 Å². The van der Waals surface area contributed by atoms with Crippen LogP contribution in [-0.2, 0) is 10.1 Å². The molecule has 0 unspecified atom stereocenters. The number of rotatable bonds is 2. The van der Waals surface area contributed by atoms with Crippen LogP contribution in [0.25, 0.3) is 0 Å². The van der Waals surface area contributed by atoms with E-state index in [1.165, 1.54) is 5.56 Å². The minimum atomic E-state index is -3.49. The molecule has 0 amide bonds. The molecule has 2 rings (SSSR count). The van der Waals surface area contributed by atoms with E-state index in [0.717, 1.165) is 22.9 Å². The molecular weight excluding hydrogens is 284 g/mol. The molecule has 0 aliphatic heterocycles. The maximum atomic E-state index is 11.0. The Labute approximate surface area is 125 Å². The van der Waals surface area contributed by atoms with Crippen molar-refractivity contribution in [1.29, 1.82) is 0 Å². The third kappa shape index (κ3) is 4.66. The normalized spacial score (nSPS) is 10.6. The van der Waals surface area contributed by atoms with E-state index in [-0.39, 0.29) is 5.75 Å². The Morgan fingerprint density at radius 2 is 1.62 bits per heavy atom. The molecule has 0 fully saturated rings. The summed E-state index contributed by atoms with van der Waals surface area (Å²) in [5, 5.41) is 0. The van der Waals surface area contributed by atoms with Crippen molar-refractivity contribution in [2.45, 2.75) is 13.8 Å². The van der Waals surface area contributed by atoms with Crippen molar-refractivity contribution < 1.29 is 12.6 Å². The van der Waals surface area contributed by atoms with Crippen molar-refractivity contribution in [2.24, 2.45) is 0 Å². The number of aryl methyl sites for hydroxylation is 2. The van der Waals surface area contributed by atoms with Crippen LogP contribution in [0.1, 0.15) is 22.3 Å². The molecule has 0 spiro atoms. The SMILES string of the molecule is Cc1ccc(C#Cc2ccc(OS(C)(=O)=O)cc2)c(C)c1. The summed E-state index contributed by atoms with van der Waals surface area (Å²) in [6, 6.07) is 12.8. The van der Waals surface area contributed by atoms with Crippen LogP contribution >= 0.6 is 0 Å². The minimum absolute atomic E-state index is 0.287. The molecule has 0 bridgehead atoms. The van der Waals surface area contributed by atoms with Crippen LogP contribution in [0.4, 0.5) is 0 Å². The fraction of sp³-hybridized carbons (Fsp3) is 0.176. The van der Waals surface area contributed by atoms with Crippen LogP contribution in [0.2, 0.25) is 0 Å². The lowest BCUT2D eigenvalue weighted by Crippen LogP contribution is -2.05. The molecule has 108 valence electrons. The highest BCUT2D eigenvalue weighted by Gasteiger charge is 2.03. The predicted octanol–water partition coefficient (Wildman–Crippen LogP) is 3.04. The Balaban J connectivity index is 2.19. The monoisotopic (exact) mass is 300 g/mol. The molecule has 0 radical (unpaired) electrons. The van der Waals surface area contributed by atoms with Gasteiger partial charge in [0, 0.05) is 11.1 Å². The quantitative estimate of drug-likeness (QED) is 0.632. The fourth-order valence-electron chi connectivity index (χ4n) is 1.86. The highest BCUT2D eigenvalue weighted by Crippen LogP contribution is 2.14. The van der Waals surface area contributed by atoms with E-state index >= 15 is 0 Å². The summed E-state index contributed by atoms with van der Waals surface area (Å²) in [6.07, 6.45) is 1.01. The van der Waals surface area contributed by atoms with Crippen LogP contribution in [0, 0.1) is 25.7 Å². The van der Waals surface area contributed by atoms with Gasteiger partial charge in [0.05, 0.1) is 6.26 Å². The van der Waals surface area contributed by atoms with E-state index in [9.17, 15) is 8.42 Å². The highest BCUT2D eigenvalue weighted by molar-refractivity contribution is 7.86. The molecule has 3 nitrogen and oxygen atoms in total. The summed E-state index contributed by atoms with van der Waals surface area (Å²) >= 11 is 0. The molecule has 0 N–H and O–H groups in total. The number of hydrogen-bond donors (Lipinski definition) is 0. The van der Waals surface area contributed by atoms with E-state index in [4.69, 9.17) is 4.18 Å². The third-order valence-corrected chi connectivity index (χ3v) is 3.32. The van der Waals surface area contributed by atoms with E-state index < -0.39 is 10.1 Å². The molecule has 0 aliphatic rings. The molecule has 0 heterocycles. The summed E-state index contributed by atoms with van der Waals surface area (Å²) in [5.74, 6) is 6.46. The summed E-state index contributed by atoms with van der Waals surface area (Å²) in [7, 11) is -3.49. The molecule has 2 aromatic carbocycles. The first kappa shape index (κ1) is 15.1. The fourth-order valence-corrected chi connectivity index (χ4v) is 2.32. The largest absolute Gasteiger partial charge is 0.383 e. The average molecular weight is 300 g/mol. The summed E-state index contributed by atoms with van der Waals surface area (Å²) in [5.41, 5.74) is 4.13. The predicted molar refractivity (Wildman–Crippen MR) is 83.8 cm³/mol. The smallest absolute Gasteiger partial charge is 0.306 e. The first-order valence-electron chi connectivity index (χ1n) is 6.42. The Morgan fingerprint density at radius 3 is 2.19 bits per heavy atom. The molecule has 0 aromatic heterocycles. The van der Waals surface area contributed by atoms with Gasteiger partial charge in [-0.1, -0.05) is 29.5 Å². The van der Waals surface area contributed by atoms with Crippen LogP contribution < -0.4 is 4.18 Å². The molecule has 4 heteroatoms. The van der Waals surface area contributed by atoms with Crippen molar-refractivity contribution in [3.05, 3.63) is 64.7 Å². The van der Waals surface area contributed by atoms with Gasteiger partial charge in [0.25, 0.3) is 0 Å². The Bertz CT molecular complexity index is 807. The maximum Gasteiger partial charge on any atom is 0.306 e. The second kappa shape index (κ2) is 6.02. The average Bonchev–Trinajstić information content (AvgIpc) is 2.38. The van der Waals surface area contributed by atoms with Gasteiger partial charge in [0.1, 0.15) is 5.75 Å². The third-order valence-electron chi connectivity index (χ3n) is 2.83. The van der Waals surface area contributed by atoms with Crippen molar-refractivity contribution in [3.63, 3.8) is 0 Å². The minimum Gasteiger partial charge on any atom is -0.383 e. The lowest BCUT2D eigenvalue weighted by Gasteiger charge is -2.02. The first-order valence-corrected chi connectivity index (χ1v) is 8.24. The number of hydrogen-bond acceptors (Lipinski definition) is 3. The first-order chi connectivity index (χ1) is 9.83. The van der Waals surface area contributed by atoms with Crippen molar-refractivity contribution in [3.8, 4) is 17.6 Å². The van der Waals surface area contributed by atoms with Crippen molar-refractivity contribution in [1.82, 2.24) is 0 Å². The maximum absolute atomic E-state index is 11.0. The molecular formula is C17H16O3S. The zero-order chi connectivity index (χ0) is 15.5. The van der Waals surface area contributed by atoms with E-state index in [1.807, 2.05) is 26.0 Å². The van der Waals surface area contributed by atoms with Crippen LogP contribution in [-0.4, -0.2) is 14.7 Å². The van der Waals surface area contributed by atoms with Gasteiger partial charge in [-0.05, 0) is 49.7 Å². The highest BCUT2D eigenvalue weighted by atomic mass is 32.2. The Kier molecular flexibility index (Phi) is 4.35. The van der Waals surface area contributed by atoms with Crippen molar-refractivity contribution in [2.75, 3.05) is 6.26 Å². The van der Waals surface area contributed by atoms with Gasteiger partial charge in [-0.2, -0.15) is 8.42 Å². The van der Waals surface area contributed by atoms with Gasteiger partial charge in [0.2, 0.25) is 0 Å². The molecule has 0 saturated heterocycles. The molecule has 2 aromatic rings. The lowest BCUT2D eigenvalue weighted by atomic mass is 10.1. The second-order valence-electron chi connectivity index (χ2n) is 4.88. The second-order valence-corrected chi connectivity index (χ2v) is 6.46. The van der Waals surface area contributed by atoms with Gasteiger partial charge in [-0.15, -0.1) is 0 Å². The molecule has 0 atom stereocenters. The van der Waals surface area contributed by atoms with E-state index in [1.54, 1.807) is 24.3 Å². The zero-order valence-corrected chi connectivity index (χ0v) is 13.0. The summed E-state index contributed by atoms with van der Waals surface area (Å²) < 4.78 is 26.8. The molecule has 21 heavy (non-hydrogen) atoms. The van der Waals surface area contributed by atoms with Gasteiger partial charge in [-0.25, -0.2) is 0 Å². The van der Waals surface area contributed by atoms with Crippen molar-refractivity contribution >= 4 is 10.1 Å². The summed E-state index contributed by atoms with van der Waals surface area (Å²) in [6.45, 7) is 4.07. The van der Waals surface area contributed by atoms with E-state index in [0.29, 0.717) is 0 Å². The molecule has 0 saturated carbocycles. The standard InChI is InChI=1S/C17H16O3S/c1-13-4-8-16(14(2)12-13)9-5-15-6-10-17(11-7-15)20-21(3,18)19/h4,6-8,10-12H,1-3H3. The topological polar surface area (TPSA) is 43.4 Å². The zero-order valence-electron chi connectivity index (χ0n) is 12.2. The van der Waals surface area contributed by atoms with Gasteiger partial charge in [0.15, 0.2) is 0 Å². The van der Waals surface area contributed by atoms with Gasteiger partial charge < -0.3 is 4.18 Å². The molecule has 0 aliphatic carbocycles. The van der Waals surface area contributed by atoms with Gasteiger partial charge >= 0.3 is 10.1 Å². The van der Waals surface area contributed by atoms with Crippen LogP contribution in [0.5, 0.6) is 5.75 Å². The Morgan fingerprint density at radius 1 is 0.952 bits per heavy atom.